The van der Waals surface area contributed by atoms with E-state index in [0.29, 0.717) is 82.8 Å². The molecule has 27 nitrogen and oxygen atoms in total. The Balaban J connectivity index is 0.785. The first kappa shape index (κ1) is 64.4. The average Bonchev–Trinajstić information content (AvgIpc) is 4.30. The van der Waals surface area contributed by atoms with Crippen molar-refractivity contribution in [2.45, 2.75) is 50.7 Å². The topological polar surface area (TPSA) is 331 Å². The fourth-order valence-corrected chi connectivity index (χ4v) is 10.1. The number of aliphatic hydroxyl groups is 2. The molecule has 1 fully saturated rings. The van der Waals surface area contributed by atoms with Crippen LogP contribution >= 0.6 is 26.8 Å². The molecule has 1 aliphatic rings. The zero-order valence-electron chi connectivity index (χ0n) is 42.8. The average molecular weight is 1200 g/mol. The first-order chi connectivity index (χ1) is 38.4. The number of nitrogens with zero attached hydrogens (tertiary/aromatic N) is 8. The Morgan fingerprint density at radius 1 is 0.750 bits per heavy atom. The summed E-state index contributed by atoms with van der Waals surface area (Å²) < 4.78 is 141. The molecule has 80 heavy (non-hydrogen) atoms. The van der Waals surface area contributed by atoms with Crippen LogP contribution in [0.15, 0.2) is 48.8 Å². The van der Waals surface area contributed by atoms with Gasteiger partial charge < -0.3 is 81.7 Å². The minimum atomic E-state index is -4.93. The molecule has 5 N–H and O–H groups in total. The second-order valence-corrected chi connectivity index (χ2v) is 21.5. The van der Waals surface area contributed by atoms with Crippen molar-refractivity contribution in [3.63, 3.8) is 0 Å². The van der Waals surface area contributed by atoms with E-state index in [4.69, 9.17) is 68.5 Å². The van der Waals surface area contributed by atoms with E-state index in [1.54, 1.807) is 34.0 Å². The number of carbonyl (C=O) groups excluding carboxylic acids is 1. The second kappa shape index (κ2) is 32.8. The predicted octanol–water partition coefficient (Wildman–Crippen LogP) is 2.92. The number of fused-ring (bicyclic) bond motifs is 1. The van der Waals surface area contributed by atoms with Crippen molar-refractivity contribution in [3.8, 4) is 5.75 Å². The largest absolute Gasteiger partial charge is 0.420 e. The van der Waals surface area contributed by atoms with Gasteiger partial charge in [0.15, 0.2) is 29.4 Å². The van der Waals surface area contributed by atoms with E-state index in [1.807, 2.05) is 0 Å². The standard InChI is InChI=1S/C46H61ClF4N8O19P2/c47-46-53-43(34-25-52-59(44(34)54-46)45-41(62)40(61)38(77-45)29-76-80(66,67)30-79(63,64)65)57(26-31-3-1-2-4-35(31)49)6-9-69-12-15-72-19-20-74-21-22-75-28-33-27-58(56-55-33)7-10-70-13-16-73-18-17-71-14-11-68-8-5-39(60)78-42-36(50)23-32(48)24-37(42)51/h1-4,23-25,27,38,40-41,45,61-62H,5-22,26,28-30H2,(H,66,67)(H2,63,64,65)/t38-,40-,41-,45-/m1/s1. The molecule has 0 saturated carbocycles. The van der Waals surface area contributed by atoms with Gasteiger partial charge in [0, 0.05) is 30.8 Å². The Morgan fingerprint density at radius 3 is 1.96 bits per heavy atom. The van der Waals surface area contributed by atoms with Gasteiger partial charge in [-0.25, -0.2) is 26.9 Å². The molecule has 1 saturated heterocycles. The molecular formula is C46H61ClF4N8O19P2. The highest BCUT2D eigenvalue weighted by Gasteiger charge is 2.46. The third kappa shape index (κ3) is 21.5. The summed E-state index contributed by atoms with van der Waals surface area (Å²) in [6.07, 6.45) is -3.42. The molecular weight excluding hydrogens is 1140 g/mol. The lowest BCUT2D eigenvalue weighted by molar-refractivity contribution is -0.136. The van der Waals surface area contributed by atoms with Gasteiger partial charge in [-0.3, -0.25) is 13.9 Å². The van der Waals surface area contributed by atoms with E-state index < -0.39 is 87.2 Å². The molecule has 1 aliphatic heterocycles. The van der Waals surface area contributed by atoms with Crippen LogP contribution in [0.4, 0.5) is 23.4 Å². The van der Waals surface area contributed by atoms with E-state index in [-0.39, 0.29) is 94.5 Å². The molecule has 3 aromatic heterocycles. The summed E-state index contributed by atoms with van der Waals surface area (Å²) in [7, 11) is -9.75. The first-order valence-electron chi connectivity index (χ1n) is 24.6. The SMILES string of the molecule is O=C(CCOCCOCCOCCOCCn1cc(COCCOCCOCCOCCN(Cc2ccccc2F)c2nc(Cl)nc3c2cnn3[C@@H]2O[C@H](COP(=O)(O)CP(=O)(O)O)[C@@H](O)[C@H]2O)nn1)Oc1c(F)cc(F)cc1F. The highest BCUT2D eigenvalue weighted by molar-refractivity contribution is 7.70. The molecule has 4 heterocycles. The number of hydrogen-bond donors (Lipinski definition) is 5. The summed E-state index contributed by atoms with van der Waals surface area (Å²) in [5.41, 5.74) is 0.988. The number of halogens is 5. The van der Waals surface area contributed by atoms with Gasteiger partial charge in [0.25, 0.3) is 0 Å². The van der Waals surface area contributed by atoms with Gasteiger partial charge in [0.05, 0.1) is 143 Å². The van der Waals surface area contributed by atoms with Gasteiger partial charge in [0.1, 0.15) is 41.5 Å². The number of esters is 1. The predicted molar refractivity (Wildman–Crippen MR) is 268 cm³/mol. The summed E-state index contributed by atoms with van der Waals surface area (Å²) in [6, 6.07) is 6.95. The Bertz CT molecular complexity index is 2790. The Labute approximate surface area is 459 Å². The molecule has 0 aliphatic carbocycles. The van der Waals surface area contributed by atoms with Crippen LogP contribution in [0, 0.1) is 23.3 Å². The zero-order valence-corrected chi connectivity index (χ0v) is 45.3. The van der Waals surface area contributed by atoms with Gasteiger partial charge in [0.2, 0.25) is 11.0 Å². The van der Waals surface area contributed by atoms with Crippen molar-refractivity contribution in [2.24, 2.45) is 0 Å². The fraction of sp³-hybridized carbons (Fsp3) is 0.565. The maximum atomic E-state index is 15.0. The van der Waals surface area contributed by atoms with Crippen molar-refractivity contribution >= 4 is 49.6 Å². The van der Waals surface area contributed by atoms with Crippen LogP contribution in [0.25, 0.3) is 11.0 Å². The molecule has 2 aromatic carbocycles. The summed E-state index contributed by atoms with van der Waals surface area (Å²) in [4.78, 5) is 50.2. The van der Waals surface area contributed by atoms with Crippen LogP contribution in [0.1, 0.15) is 23.9 Å². The van der Waals surface area contributed by atoms with E-state index in [1.165, 1.54) is 12.3 Å². The maximum Gasteiger partial charge on any atom is 0.340 e. The number of anilines is 1. The number of carbonyl (C=O) groups is 1. The number of rotatable bonds is 39. The Hall–Kier alpha value is -4.73. The van der Waals surface area contributed by atoms with Crippen LogP contribution in [-0.2, 0) is 80.8 Å². The fourth-order valence-electron chi connectivity index (χ4n) is 7.33. The molecule has 5 aromatic rings. The lowest BCUT2D eigenvalue weighted by Crippen LogP contribution is -2.33. The molecule has 0 bridgehead atoms. The highest BCUT2D eigenvalue weighted by Crippen LogP contribution is 2.55. The smallest absolute Gasteiger partial charge is 0.340 e. The monoisotopic (exact) mass is 1200 g/mol. The number of hydrogen-bond acceptors (Lipinski definition) is 22. The second-order valence-electron chi connectivity index (χ2n) is 17.2. The summed E-state index contributed by atoms with van der Waals surface area (Å²) in [5, 5.41) is 34.1. The van der Waals surface area contributed by atoms with Crippen LogP contribution in [0.2, 0.25) is 5.28 Å². The molecule has 0 amide bonds. The first-order valence-corrected chi connectivity index (χ1v) is 28.6. The summed E-state index contributed by atoms with van der Waals surface area (Å²) in [6.45, 7) is 3.77. The lowest BCUT2D eigenvalue weighted by atomic mass is 10.1. The quantitative estimate of drug-likeness (QED) is 0.00943. The van der Waals surface area contributed by atoms with Crippen molar-refractivity contribution in [2.75, 3.05) is 123 Å². The Kier molecular flexibility index (Phi) is 26.4. The van der Waals surface area contributed by atoms with E-state index in [0.717, 1.165) is 4.68 Å². The Morgan fingerprint density at radius 2 is 1.34 bits per heavy atom. The summed E-state index contributed by atoms with van der Waals surface area (Å²) >= 11 is 6.40. The van der Waals surface area contributed by atoms with Gasteiger partial charge in [-0.05, 0) is 17.7 Å². The van der Waals surface area contributed by atoms with Gasteiger partial charge in [-0.1, -0.05) is 23.4 Å². The van der Waals surface area contributed by atoms with Gasteiger partial charge in [-0.15, -0.1) is 5.10 Å². The van der Waals surface area contributed by atoms with Crippen LogP contribution in [0.5, 0.6) is 5.75 Å². The normalized spacial score (nSPS) is 17.4. The van der Waals surface area contributed by atoms with Crippen LogP contribution < -0.4 is 9.64 Å². The van der Waals surface area contributed by atoms with Crippen LogP contribution in [-0.4, -0.2) is 202 Å². The maximum absolute atomic E-state index is 15.0. The van der Waals surface area contributed by atoms with Crippen molar-refractivity contribution in [1.82, 2.24) is 34.7 Å². The minimum Gasteiger partial charge on any atom is -0.420 e. The number of benzene rings is 2. The number of aromatic nitrogens is 7. The number of ether oxygens (including phenoxy) is 10. The van der Waals surface area contributed by atoms with E-state index in [2.05, 4.69) is 30.1 Å². The highest BCUT2D eigenvalue weighted by atomic mass is 35.5. The summed E-state index contributed by atoms with van der Waals surface area (Å²) in [5.74, 6) is -7.42. The molecule has 0 spiro atoms. The molecule has 444 valence electrons. The molecule has 34 heteroatoms. The van der Waals surface area contributed by atoms with Crippen molar-refractivity contribution < 1.29 is 108 Å². The molecule has 6 rings (SSSR count). The molecule has 1 unspecified atom stereocenters. The minimum absolute atomic E-state index is 0.00492. The lowest BCUT2D eigenvalue weighted by Gasteiger charge is -2.25. The van der Waals surface area contributed by atoms with Crippen molar-refractivity contribution in [3.05, 3.63) is 88.6 Å². The van der Waals surface area contributed by atoms with E-state index >= 15 is 0 Å². The van der Waals surface area contributed by atoms with E-state index in [9.17, 15) is 46.6 Å². The third-order valence-corrected chi connectivity index (χ3v) is 14.7. The van der Waals surface area contributed by atoms with Crippen molar-refractivity contribution in [1.29, 1.82) is 0 Å². The van der Waals surface area contributed by atoms with Gasteiger partial charge in [-0.2, -0.15) is 15.1 Å². The number of aliphatic hydroxyl groups excluding tert-OH is 2. The molecule has 0 radical (unpaired) electrons. The van der Waals surface area contributed by atoms with Gasteiger partial charge >= 0.3 is 21.2 Å². The molecule has 5 atom stereocenters. The third-order valence-electron chi connectivity index (χ3n) is 11.1. The van der Waals surface area contributed by atoms with Crippen LogP contribution in [0.3, 0.4) is 0 Å². The zero-order chi connectivity index (χ0) is 57.5.